The summed E-state index contributed by atoms with van der Waals surface area (Å²) < 4.78 is 0. The van der Waals surface area contributed by atoms with E-state index in [2.05, 4.69) is 15.3 Å². The first kappa shape index (κ1) is 17.4. The molecule has 7 nitrogen and oxygen atoms in total. The highest BCUT2D eigenvalue weighted by Crippen LogP contribution is 2.29. The molecule has 1 N–H and O–H groups in total. The molecule has 3 rings (SSSR count). The molecular weight excluding hydrogens is 365 g/mol. The van der Waals surface area contributed by atoms with Crippen molar-refractivity contribution in [3.63, 3.8) is 0 Å². The van der Waals surface area contributed by atoms with Gasteiger partial charge in [0.25, 0.3) is 5.91 Å². The van der Waals surface area contributed by atoms with Gasteiger partial charge in [0.2, 0.25) is 6.41 Å². The van der Waals surface area contributed by atoms with Gasteiger partial charge in [-0.3, -0.25) is 9.59 Å². The maximum atomic E-state index is 12.4. The highest BCUT2D eigenvalue weighted by Gasteiger charge is 2.19. The summed E-state index contributed by atoms with van der Waals surface area (Å²) in [5.41, 5.74) is 0.637. The molecule has 2 heterocycles. The van der Waals surface area contributed by atoms with Crippen LogP contribution in [0.1, 0.15) is 10.5 Å². The lowest BCUT2D eigenvalue weighted by Crippen LogP contribution is -2.46. The van der Waals surface area contributed by atoms with Crippen LogP contribution in [0, 0.1) is 0 Å². The summed E-state index contributed by atoms with van der Waals surface area (Å²) >= 11 is 12.0. The van der Waals surface area contributed by atoms with Gasteiger partial charge in [0.15, 0.2) is 0 Å². The first-order valence-electron chi connectivity index (χ1n) is 7.60. The van der Waals surface area contributed by atoms with Crippen LogP contribution in [-0.4, -0.2) is 53.4 Å². The SMILES string of the molecule is O=CN1CCN(c2cc(C(=O)Nc3cccc(Cl)c3Cl)ncn2)CC1. The summed E-state index contributed by atoms with van der Waals surface area (Å²) in [5, 5.41) is 3.33. The number of carbonyl (C=O) groups excluding carboxylic acids is 2. The number of rotatable bonds is 4. The summed E-state index contributed by atoms with van der Waals surface area (Å²) in [4.78, 5) is 35.2. The number of nitrogens with one attached hydrogen (secondary N) is 1. The largest absolute Gasteiger partial charge is 0.353 e. The van der Waals surface area contributed by atoms with Gasteiger partial charge in [0, 0.05) is 32.2 Å². The van der Waals surface area contributed by atoms with E-state index >= 15 is 0 Å². The van der Waals surface area contributed by atoms with E-state index in [9.17, 15) is 9.59 Å². The molecule has 2 aromatic rings. The number of hydrogen-bond donors (Lipinski definition) is 1. The summed E-state index contributed by atoms with van der Waals surface area (Å²) in [5.74, 6) is 0.238. The first-order chi connectivity index (χ1) is 12.1. The second kappa shape index (κ2) is 7.67. The summed E-state index contributed by atoms with van der Waals surface area (Å²) in [6.45, 7) is 2.54. The maximum Gasteiger partial charge on any atom is 0.274 e. The molecule has 1 aliphatic heterocycles. The molecule has 1 aromatic carbocycles. The van der Waals surface area contributed by atoms with Crippen molar-refractivity contribution in [1.29, 1.82) is 0 Å². The zero-order valence-electron chi connectivity index (χ0n) is 13.2. The summed E-state index contributed by atoms with van der Waals surface area (Å²) in [6.07, 6.45) is 2.18. The van der Waals surface area contributed by atoms with Crippen molar-refractivity contribution in [2.24, 2.45) is 0 Å². The van der Waals surface area contributed by atoms with Gasteiger partial charge in [-0.2, -0.15) is 0 Å². The molecular formula is C16H15Cl2N5O2. The fourth-order valence-corrected chi connectivity index (χ4v) is 2.84. The highest BCUT2D eigenvalue weighted by atomic mass is 35.5. The molecule has 0 unspecified atom stereocenters. The Morgan fingerprint density at radius 3 is 2.64 bits per heavy atom. The van der Waals surface area contributed by atoms with Gasteiger partial charge >= 0.3 is 0 Å². The quantitative estimate of drug-likeness (QED) is 0.824. The third-order valence-electron chi connectivity index (χ3n) is 3.87. The van der Waals surface area contributed by atoms with Crippen LogP contribution in [0.15, 0.2) is 30.6 Å². The molecule has 0 bridgehead atoms. The van der Waals surface area contributed by atoms with Gasteiger partial charge in [-0.1, -0.05) is 29.3 Å². The van der Waals surface area contributed by atoms with Crippen LogP contribution in [0.5, 0.6) is 0 Å². The van der Waals surface area contributed by atoms with E-state index in [1.54, 1.807) is 29.2 Å². The minimum absolute atomic E-state index is 0.221. The van der Waals surface area contributed by atoms with Crippen LogP contribution in [-0.2, 0) is 4.79 Å². The second-order valence-corrected chi connectivity index (χ2v) is 6.23. The second-order valence-electron chi connectivity index (χ2n) is 5.45. The van der Waals surface area contributed by atoms with Gasteiger partial charge < -0.3 is 15.1 Å². The number of hydrogen-bond acceptors (Lipinski definition) is 5. The van der Waals surface area contributed by atoms with Crippen molar-refractivity contribution in [3.8, 4) is 0 Å². The Hall–Kier alpha value is -2.38. The highest BCUT2D eigenvalue weighted by molar-refractivity contribution is 6.44. The molecule has 0 spiro atoms. The van der Waals surface area contributed by atoms with Gasteiger partial charge in [0.05, 0.1) is 15.7 Å². The molecule has 0 radical (unpaired) electrons. The molecule has 0 aliphatic carbocycles. The fourth-order valence-electron chi connectivity index (χ4n) is 2.49. The number of amides is 2. The molecule has 0 atom stereocenters. The average molecular weight is 380 g/mol. The molecule has 1 saturated heterocycles. The van der Waals surface area contributed by atoms with E-state index in [1.165, 1.54) is 6.33 Å². The molecule has 0 saturated carbocycles. The molecule has 130 valence electrons. The number of halogens is 2. The molecule has 2 amide bonds. The lowest BCUT2D eigenvalue weighted by atomic mass is 10.2. The van der Waals surface area contributed by atoms with E-state index in [4.69, 9.17) is 23.2 Å². The third-order valence-corrected chi connectivity index (χ3v) is 4.69. The molecule has 9 heteroatoms. The van der Waals surface area contributed by atoms with Crippen LogP contribution in [0.2, 0.25) is 10.0 Å². The third kappa shape index (κ3) is 4.00. The zero-order chi connectivity index (χ0) is 17.8. The maximum absolute atomic E-state index is 12.4. The average Bonchev–Trinajstić information content (AvgIpc) is 2.65. The molecule has 1 fully saturated rings. The Kier molecular flexibility index (Phi) is 5.35. The van der Waals surface area contributed by atoms with E-state index in [0.29, 0.717) is 42.7 Å². The number of anilines is 2. The number of piperazine rings is 1. The monoisotopic (exact) mass is 379 g/mol. The molecule has 1 aliphatic rings. The minimum Gasteiger partial charge on any atom is -0.353 e. The summed E-state index contributed by atoms with van der Waals surface area (Å²) in [7, 11) is 0. The standard InChI is InChI=1S/C16H15Cl2N5O2/c17-11-2-1-3-12(15(11)18)21-16(25)13-8-14(20-9-19-13)23-6-4-22(10-24)5-7-23/h1-3,8-10H,4-7H2,(H,21,25). The van der Waals surface area contributed by atoms with Crippen molar-refractivity contribution in [2.45, 2.75) is 0 Å². The number of aromatic nitrogens is 2. The zero-order valence-corrected chi connectivity index (χ0v) is 14.7. The van der Waals surface area contributed by atoms with Crippen molar-refractivity contribution in [2.75, 3.05) is 36.4 Å². The lowest BCUT2D eigenvalue weighted by molar-refractivity contribution is -0.118. The lowest BCUT2D eigenvalue weighted by Gasteiger charge is -2.33. The Morgan fingerprint density at radius 2 is 1.92 bits per heavy atom. The van der Waals surface area contributed by atoms with Gasteiger partial charge in [-0.15, -0.1) is 0 Å². The van der Waals surface area contributed by atoms with E-state index in [0.717, 1.165) is 6.41 Å². The Bertz CT molecular complexity index is 794. The van der Waals surface area contributed by atoms with E-state index in [-0.39, 0.29) is 10.7 Å². The Labute approximate surface area is 154 Å². The summed E-state index contributed by atoms with van der Waals surface area (Å²) in [6, 6.07) is 6.61. The smallest absolute Gasteiger partial charge is 0.274 e. The van der Waals surface area contributed by atoms with Crippen LogP contribution < -0.4 is 10.2 Å². The number of nitrogens with zero attached hydrogens (tertiary/aromatic N) is 4. The van der Waals surface area contributed by atoms with Crippen LogP contribution >= 0.6 is 23.2 Å². The van der Waals surface area contributed by atoms with Crippen LogP contribution in [0.25, 0.3) is 0 Å². The Balaban J connectivity index is 1.74. The van der Waals surface area contributed by atoms with Crippen molar-refractivity contribution < 1.29 is 9.59 Å². The van der Waals surface area contributed by atoms with Gasteiger partial charge in [0.1, 0.15) is 17.8 Å². The van der Waals surface area contributed by atoms with Crippen molar-refractivity contribution in [3.05, 3.63) is 46.3 Å². The predicted molar refractivity (Wildman–Crippen MR) is 96.3 cm³/mol. The van der Waals surface area contributed by atoms with E-state index in [1.807, 2.05) is 4.90 Å². The number of benzene rings is 1. The first-order valence-corrected chi connectivity index (χ1v) is 8.36. The van der Waals surface area contributed by atoms with Crippen LogP contribution in [0.4, 0.5) is 11.5 Å². The minimum atomic E-state index is -0.403. The fraction of sp³-hybridized carbons (Fsp3) is 0.250. The number of carbonyl (C=O) groups is 2. The Morgan fingerprint density at radius 1 is 1.16 bits per heavy atom. The topological polar surface area (TPSA) is 78.4 Å². The predicted octanol–water partition coefficient (Wildman–Crippen LogP) is 2.31. The molecule has 25 heavy (non-hydrogen) atoms. The van der Waals surface area contributed by atoms with Gasteiger partial charge in [-0.05, 0) is 12.1 Å². The molecule has 1 aromatic heterocycles. The van der Waals surface area contributed by atoms with E-state index < -0.39 is 5.91 Å². The van der Waals surface area contributed by atoms with Gasteiger partial charge in [-0.25, -0.2) is 9.97 Å². The normalized spacial score (nSPS) is 14.3. The van der Waals surface area contributed by atoms with Crippen LogP contribution in [0.3, 0.4) is 0 Å². The van der Waals surface area contributed by atoms with Crippen molar-refractivity contribution >= 4 is 47.0 Å². The van der Waals surface area contributed by atoms with Crippen molar-refractivity contribution in [1.82, 2.24) is 14.9 Å².